The molecule has 86 valence electrons. The van der Waals surface area contributed by atoms with Crippen LogP contribution in [0.4, 0.5) is 0 Å². The largest absolute Gasteiger partial charge is 0.497 e. The summed E-state index contributed by atoms with van der Waals surface area (Å²) in [5.74, 6) is 1.08. The lowest BCUT2D eigenvalue weighted by molar-refractivity contribution is -0.410. The van der Waals surface area contributed by atoms with Gasteiger partial charge in [-0.3, -0.25) is 10.1 Å². The van der Waals surface area contributed by atoms with E-state index in [-0.39, 0.29) is 0 Å². The van der Waals surface area contributed by atoms with Gasteiger partial charge in [0.25, 0.3) is 0 Å². The zero-order valence-corrected chi connectivity index (χ0v) is 9.52. The highest BCUT2D eigenvalue weighted by molar-refractivity contribution is 6.29. The molecular weight excluding hydrogens is 234 g/mol. The Kier molecular flexibility index (Phi) is 4.13. The SMILES string of the molecule is COc1cc(C=C(Cl)[N+](=O)[O-])cc(OC)c1. The van der Waals surface area contributed by atoms with Gasteiger partial charge in [0.05, 0.1) is 19.1 Å². The predicted molar refractivity (Wildman–Crippen MR) is 60.4 cm³/mol. The second-order valence-electron chi connectivity index (χ2n) is 2.87. The van der Waals surface area contributed by atoms with E-state index in [1.165, 1.54) is 20.3 Å². The molecule has 0 amide bonds. The predicted octanol–water partition coefficient (Wildman–Crippen LogP) is 2.52. The van der Waals surface area contributed by atoms with Gasteiger partial charge in [-0.15, -0.1) is 0 Å². The van der Waals surface area contributed by atoms with E-state index in [2.05, 4.69) is 0 Å². The third-order valence-electron chi connectivity index (χ3n) is 1.83. The lowest BCUT2D eigenvalue weighted by Gasteiger charge is -2.05. The fourth-order valence-electron chi connectivity index (χ4n) is 1.10. The molecule has 0 aliphatic carbocycles. The molecular formula is C10H10ClNO4. The van der Waals surface area contributed by atoms with Crippen molar-refractivity contribution < 1.29 is 14.4 Å². The van der Waals surface area contributed by atoms with E-state index >= 15 is 0 Å². The second-order valence-corrected chi connectivity index (χ2v) is 3.26. The molecule has 0 atom stereocenters. The summed E-state index contributed by atoms with van der Waals surface area (Å²) in [7, 11) is 2.99. The zero-order chi connectivity index (χ0) is 12.1. The molecule has 6 heteroatoms. The van der Waals surface area contributed by atoms with Crippen molar-refractivity contribution in [2.75, 3.05) is 14.2 Å². The first-order valence-corrected chi connectivity index (χ1v) is 4.69. The van der Waals surface area contributed by atoms with E-state index in [4.69, 9.17) is 21.1 Å². The first-order chi connectivity index (χ1) is 7.56. The van der Waals surface area contributed by atoms with Crippen molar-refractivity contribution in [2.24, 2.45) is 0 Å². The topological polar surface area (TPSA) is 61.6 Å². The van der Waals surface area contributed by atoms with Gasteiger partial charge in [-0.1, -0.05) is 0 Å². The molecule has 0 aliphatic rings. The van der Waals surface area contributed by atoms with Crippen LogP contribution < -0.4 is 9.47 Å². The minimum atomic E-state index is -0.673. The molecule has 0 fully saturated rings. The number of benzene rings is 1. The molecule has 0 saturated carbocycles. The van der Waals surface area contributed by atoms with Crippen LogP contribution in [0, 0.1) is 10.1 Å². The average Bonchev–Trinajstić information content (AvgIpc) is 2.28. The van der Waals surface area contributed by atoms with Gasteiger partial charge >= 0.3 is 5.16 Å². The highest BCUT2D eigenvalue weighted by Crippen LogP contribution is 2.24. The Hall–Kier alpha value is -1.75. The molecule has 0 aromatic heterocycles. The van der Waals surface area contributed by atoms with E-state index in [0.717, 1.165) is 0 Å². The molecule has 0 spiro atoms. The fourth-order valence-corrected chi connectivity index (χ4v) is 1.23. The van der Waals surface area contributed by atoms with Crippen molar-refractivity contribution >= 4 is 17.7 Å². The van der Waals surface area contributed by atoms with E-state index in [0.29, 0.717) is 17.1 Å². The van der Waals surface area contributed by atoms with Crippen LogP contribution in [0.1, 0.15) is 5.56 Å². The summed E-state index contributed by atoms with van der Waals surface area (Å²) < 4.78 is 10.0. The van der Waals surface area contributed by atoms with Crippen molar-refractivity contribution in [1.82, 2.24) is 0 Å². The summed E-state index contributed by atoms with van der Waals surface area (Å²) >= 11 is 5.42. The molecule has 0 radical (unpaired) electrons. The monoisotopic (exact) mass is 243 g/mol. The number of hydrogen-bond donors (Lipinski definition) is 0. The van der Waals surface area contributed by atoms with Gasteiger partial charge in [0.15, 0.2) is 0 Å². The van der Waals surface area contributed by atoms with Gasteiger partial charge in [0.1, 0.15) is 11.5 Å². The van der Waals surface area contributed by atoms with Crippen LogP contribution in [0.2, 0.25) is 0 Å². The third kappa shape index (κ3) is 3.13. The van der Waals surface area contributed by atoms with Crippen LogP contribution in [0.25, 0.3) is 6.08 Å². The molecule has 0 unspecified atom stereocenters. The Morgan fingerprint density at radius 3 is 2.19 bits per heavy atom. The van der Waals surface area contributed by atoms with Gasteiger partial charge in [-0.2, -0.15) is 0 Å². The summed E-state index contributed by atoms with van der Waals surface area (Å²) in [6.07, 6.45) is 1.23. The van der Waals surface area contributed by atoms with Crippen LogP contribution in [-0.2, 0) is 0 Å². The molecule has 0 bridgehead atoms. The average molecular weight is 244 g/mol. The van der Waals surface area contributed by atoms with E-state index in [9.17, 15) is 10.1 Å². The highest BCUT2D eigenvalue weighted by atomic mass is 35.5. The highest BCUT2D eigenvalue weighted by Gasteiger charge is 2.07. The van der Waals surface area contributed by atoms with Crippen LogP contribution in [0.5, 0.6) is 11.5 Å². The lowest BCUT2D eigenvalue weighted by Crippen LogP contribution is -1.92. The number of rotatable bonds is 4. The van der Waals surface area contributed by atoms with Crippen LogP contribution in [-0.4, -0.2) is 19.1 Å². The van der Waals surface area contributed by atoms with E-state index in [1.807, 2.05) is 0 Å². The van der Waals surface area contributed by atoms with Crippen molar-refractivity contribution in [3.05, 3.63) is 39.0 Å². The fraction of sp³-hybridized carbons (Fsp3) is 0.200. The normalized spacial score (nSPS) is 11.1. The van der Waals surface area contributed by atoms with Crippen LogP contribution >= 0.6 is 11.6 Å². The first kappa shape index (κ1) is 12.3. The standard InChI is InChI=1S/C10H10ClNO4/c1-15-8-3-7(4-9(6-8)16-2)5-10(11)12(13)14/h3-6H,1-2H3. The Bertz CT molecular complexity index is 409. The second kappa shape index (κ2) is 5.37. The first-order valence-electron chi connectivity index (χ1n) is 4.31. The number of hydrogen-bond acceptors (Lipinski definition) is 4. The molecule has 1 aromatic rings. The zero-order valence-electron chi connectivity index (χ0n) is 8.77. The van der Waals surface area contributed by atoms with Gasteiger partial charge in [0, 0.05) is 12.1 Å². The minimum Gasteiger partial charge on any atom is -0.497 e. The Labute approximate surface area is 97.4 Å². The number of nitrogens with zero attached hydrogens (tertiary/aromatic N) is 1. The van der Waals surface area contributed by atoms with Crippen molar-refractivity contribution in [3.8, 4) is 11.5 Å². The van der Waals surface area contributed by atoms with Crippen molar-refractivity contribution in [1.29, 1.82) is 0 Å². The van der Waals surface area contributed by atoms with Crippen LogP contribution in [0.3, 0.4) is 0 Å². The van der Waals surface area contributed by atoms with Gasteiger partial charge in [-0.05, 0) is 29.3 Å². The molecule has 0 saturated heterocycles. The minimum absolute atomic E-state index is 0.463. The quantitative estimate of drug-likeness (QED) is 0.463. The van der Waals surface area contributed by atoms with Crippen molar-refractivity contribution in [2.45, 2.75) is 0 Å². The molecule has 0 N–H and O–H groups in total. The summed E-state index contributed by atoms with van der Waals surface area (Å²) in [5.41, 5.74) is 0.540. The maximum atomic E-state index is 10.4. The number of nitro groups is 1. The van der Waals surface area contributed by atoms with Gasteiger partial charge in [0.2, 0.25) is 0 Å². The summed E-state index contributed by atoms with van der Waals surface area (Å²) in [5, 5.41) is 9.89. The van der Waals surface area contributed by atoms with Crippen molar-refractivity contribution in [3.63, 3.8) is 0 Å². The molecule has 0 aliphatic heterocycles. The van der Waals surface area contributed by atoms with Gasteiger partial charge in [-0.25, -0.2) is 0 Å². The number of halogens is 1. The molecule has 0 heterocycles. The summed E-state index contributed by atoms with van der Waals surface area (Å²) in [4.78, 5) is 9.68. The lowest BCUT2D eigenvalue weighted by atomic mass is 10.2. The number of methoxy groups -OCH3 is 2. The maximum absolute atomic E-state index is 10.4. The smallest absolute Gasteiger partial charge is 0.337 e. The summed E-state index contributed by atoms with van der Waals surface area (Å²) in [6, 6.07) is 4.90. The maximum Gasteiger partial charge on any atom is 0.337 e. The van der Waals surface area contributed by atoms with E-state index in [1.54, 1.807) is 18.2 Å². The summed E-state index contributed by atoms with van der Waals surface area (Å²) in [6.45, 7) is 0. The van der Waals surface area contributed by atoms with Gasteiger partial charge < -0.3 is 9.47 Å². The molecule has 16 heavy (non-hydrogen) atoms. The number of ether oxygens (including phenoxy) is 2. The Morgan fingerprint density at radius 1 is 1.31 bits per heavy atom. The molecule has 1 aromatic carbocycles. The molecule has 1 rings (SSSR count). The van der Waals surface area contributed by atoms with E-state index < -0.39 is 10.1 Å². The molecule has 5 nitrogen and oxygen atoms in total. The third-order valence-corrected chi connectivity index (χ3v) is 2.08. The van der Waals surface area contributed by atoms with Crippen LogP contribution in [0.15, 0.2) is 23.4 Å². The Morgan fingerprint density at radius 2 is 1.81 bits per heavy atom. The Balaban J connectivity index is 3.13.